The van der Waals surface area contributed by atoms with Gasteiger partial charge in [-0.15, -0.1) is 0 Å². The van der Waals surface area contributed by atoms with Crippen LogP contribution in [0.25, 0.3) is 0 Å². The smallest absolute Gasteiger partial charge is 0.308 e. The fourth-order valence-corrected chi connectivity index (χ4v) is 3.59. The molecule has 0 bridgehead atoms. The lowest BCUT2D eigenvalue weighted by Crippen LogP contribution is -2.30. The SMILES string of the molecule is CC(CC(=O)N1C[C@H](C(=O)O)[C@@H](C2CC2)C1)c1ccccc1. The summed E-state index contributed by atoms with van der Waals surface area (Å²) in [6.45, 7) is 3.06. The molecule has 1 amide bonds. The Kier molecular flexibility index (Phi) is 4.19. The molecule has 1 unspecified atom stereocenters. The van der Waals surface area contributed by atoms with E-state index in [-0.39, 0.29) is 23.7 Å². The first kappa shape index (κ1) is 15.1. The number of hydrogen-bond donors (Lipinski definition) is 1. The first-order valence-electron chi connectivity index (χ1n) is 8.11. The number of carbonyl (C=O) groups is 2. The molecule has 1 saturated carbocycles. The van der Waals surface area contributed by atoms with Crippen molar-refractivity contribution in [1.82, 2.24) is 4.90 Å². The third-order valence-electron chi connectivity index (χ3n) is 5.11. The molecule has 2 fully saturated rings. The fraction of sp³-hybridized carbons (Fsp3) is 0.556. The van der Waals surface area contributed by atoms with Gasteiger partial charge in [0.25, 0.3) is 0 Å². The highest BCUT2D eigenvalue weighted by Crippen LogP contribution is 2.44. The first-order chi connectivity index (χ1) is 10.6. The van der Waals surface area contributed by atoms with Gasteiger partial charge in [0.05, 0.1) is 5.92 Å². The summed E-state index contributed by atoms with van der Waals surface area (Å²) in [5.41, 5.74) is 1.16. The quantitative estimate of drug-likeness (QED) is 0.909. The lowest BCUT2D eigenvalue weighted by molar-refractivity contribution is -0.142. The van der Waals surface area contributed by atoms with Crippen molar-refractivity contribution in [2.45, 2.75) is 32.1 Å². The molecule has 4 nitrogen and oxygen atoms in total. The van der Waals surface area contributed by atoms with Crippen LogP contribution in [0.3, 0.4) is 0 Å². The van der Waals surface area contributed by atoms with Crippen LogP contribution in [0, 0.1) is 17.8 Å². The van der Waals surface area contributed by atoms with Gasteiger partial charge in [-0.05, 0) is 36.2 Å². The molecule has 0 aromatic heterocycles. The van der Waals surface area contributed by atoms with Crippen LogP contribution in [0.4, 0.5) is 0 Å². The first-order valence-corrected chi connectivity index (χ1v) is 8.11. The van der Waals surface area contributed by atoms with Gasteiger partial charge in [0.1, 0.15) is 0 Å². The normalized spacial score (nSPS) is 26.0. The molecule has 4 heteroatoms. The summed E-state index contributed by atoms with van der Waals surface area (Å²) in [4.78, 5) is 25.7. The van der Waals surface area contributed by atoms with Crippen molar-refractivity contribution in [3.05, 3.63) is 35.9 Å². The van der Waals surface area contributed by atoms with E-state index < -0.39 is 5.97 Å². The Hall–Kier alpha value is -1.84. The highest BCUT2D eigenvalue weighted by molar-refractivity contribution is 5.79. The molecule has 3 rings (SSSR count). The highest BCUT2D eigenvalue weighted by Gasteiger charge is 2.46. The van der Waals surface area contributed by atoms with Crippen LogP contribution < -0.4 is 0 Å². The van der Waals surface area contributed by atoms with Crippen molar-refractivity contribution in [3.8, 4) is 0 Å². The summed E-state index contributed by atoms with van der Waals surface area (Å²) in [6, 6.07) is 10.0. The number of amides is 1. The number of carbonyl (C=O) groups excluding carboxylic acids is 1. The number of nitrogens with zero attached hydrogens (tertiary/aromatic N) is 1. The summed E-state index contributed by atoms with van der Waals surface area (Å²) in [5.74, 6) is -0.187. The van der Waals surface area contributed by atoms with E-state index in [0.29, 0.717) is 25.4 Å². The van der Waals surface area contributed by atoms with Gasteiger partial charge < -0.3 is 10.0 Å². The van der Waals surface area contributed by atoms with Crippen LogP contribution in [-0.4, -0.2) is 35.0 Å². The lowest BCUT2D eigenvalue weighted by atomic mass is 9.92. The van der Waals surface area contributed by atoms with Crippen LogP contribution in [0.2, 0.25) is 0 Å². The lowest BCUT2D eigenvalue weighted by Gasteiger charge is -2.19. The number of carboxylic acids is 1. The molecule has 0 spiro atoms. The molecule has 1 saturated heterocycles. The standard InChI is InChI=1S/C18H23NO3/c1-12(13-5-3-2-4-6-13)9-17(20)19-10-15(14-7-8-14)16(11-19)18(21)22/h2-6,12,14-16H,7-11H2,1H3,(H,21,22)/t12?,15-,16+/m1/s1. The zero-order valence-corrected chi connectivity index (χ0v) is 12.9. The predicted octanol–water partition coefficient (Wildman–Crippen LogP) is 2.75. The third kappa shape index (κ3) is 3.16. The largest absolute Gasteiger partial charge is 0.481 e. The fourth-order valence-electron chi connectivity index (χ4n) is 3.59. The second kappa shape index (κ2) is 6.11. The van der Waals surface area contributed by atoms with Crippen molar-refractivity contribution < 1.29 is 14.7 Å². The molecule has 1 aromatic carbocycles. The van der Waals surface area contributed by atoms with Gasteiger partial charge >= 0.3 is 5.97 Å². The maximum Gasteiger partial charge on any atom is 0.308 e. The monoisotopic (exact) mass is 301 g/mol. The van der Waals surface area contributed by atoms with Gasteiger partial charge in [0.15, 0.2) is 0 Å². The summed E-state index contributed by atoms with van der Waals surface area (Å²) in [7, 11) is 0. The maximum absolute atomic E-state index is 12.5. The molecule has 22 heavy (non-hydrogen) atoms. The highest BCUT2D eigenvalue weighted by atomic mass is 16.4. The minimum Gasteiger partial charge on any atom is -0.481 e. The van der Waals surface area contributed by atoms with E-state index in [1.807, 2.05) is 30.3 Å². The van der Waals surface area contributed by atoms with Crippen molar-refractivity contribution in [2.75, 3.05) is 13.1 Å². The van der Waals surface area contributed by atoms with E-state index in [4.69, 9.17) is 0 Å². The average Bonchev–Trinajstić information content (AvgIpc) is 3.26. The summed E-state index contributed by atoms with van der Waals surface area (Å²) in [6.07, 6.45) is 2.70. The third-order valence-corrected chi connectivity index (χ3v) is 5.11. The van der Waals surface area contributed by atoms with E-state index in [1.54, 1.807) is 4.90 Å². The van der Waals surface area contributed by atoms with Crippen LogP contribution in [0.5, 0.6) is 0 Å². The van der Waals surface area contributed by atoms with Gasteiger partial charge in [0, 0.05) is 19.5 Å². The second-order valence-electron chi connectivity index (χ2n) is 6.76. The summed E-state index contributed by atoms with van der Waals surface area (Å²) in [5, 5.41) is 9.38. The van der Waals surface area contributed by atoms with Crippen molar-refractivity contribution in [3.63, 3.8) is 0 Å². The second-order valence-corrected chi connectivity index (χ2v) is 6.76. The Labute approximate surface area is 131 Å². The van der Waals surface area contributed by atoms with Gasteiger partial charge in [-0.2, -0.15) is 0 Å². The Balaban J connectivity index is 1.62. The Morgan fingerprint density at radius 1 is 1.23 bits per heavy atom. The molecule has 3 atom stereocenters. The number of rotatable bonds is 5. The van der Waals surface area contributed by atoms with E-state index >= 15 is 0 Å². The van der Waals surface area contributed by atoms with Crippen LogP contribution in [-0.2, 0) is 9.59 Å². The molecule has 118 valence electrons. The van der Waals surface area contributed by atoms with E-state index in [9.17, 15) is 14.7 Å². The van der Waals surface area contributed by atoms with Crippen molar-refractivity contribution >= 4 is 11.9 Å². The van der Waals surface area contributed by atoms with Gasteiger partial charge in [0.2, 0.25) is 5.91 Å². The minimum atomic E-state index is -0.747. The summed E-state index contributed by atoms with van der Waals surface area (Å²) < 4.78 is 0. The maximum atomic E-state index is 12.5. The van der Waals surface area contributed by atoms with Crippen molar-refractivity contribution in [2.24, 2.45) is 17.8 Å². The Morgan fingerprint density at radius 2 is 1.91 bits per heavy atom. The Morgan fingerprint density at radius 3 is 2.50 bits per heavy atom. The molecule has 2 aliphatic rings. The molecule has 1 aliphatic carbocycles. The number of likely N-dealkylation sites (tertiary alicyclic amines) is 1. The topological polar surface area (TPSA) is 57.6 Å². The number of carboxylic acid groups (broad SMARTS) is 1. The van der Waals surface area contributed by atoms with Crippen molar-refractivity contribution in [1.29, 1.82) is 0 Å². The Bertz CT molecular complexity index is 553. The average molecular weight is 301 g/mol. The molecule has 1 heterocycles. The molecular weight excluding hydrogens is 278 g/mol. The van der Waals surface area contributed by atoms with Gasteiger partial charge in [-0.25, -0.2) is 0 Å². The van der Waals surface area contributed by atoms with Gasteiger partial charge in [-0.1, -0.05) is 37.3 Å². The molecular formula is C18H23NO3. The molecule has 0 radical (unpaired) electrons. The zero-order valence-electron chi connectivity index (χ0n) is 12.9. The molecule has 1 aromatic rings. The van der Waals surface area contributed by atoms with E-state index in [2.05, 4.69) is 6.92 Å². The van der Waals surface area contributed by atoms with Crippen LogP contribution >= 0.6 is 0 Å². The van der Waals surface area contributed by atoms with E-state index in [0.717, 1.165) is 18.4 Å². The van der Waals surface area contributed by atoms with Crippen LogP contribution in [0.1, 0.15) is 37.7 Å². The molecule has 1 N–H and O–H groups in total. The number of benzene rings is 1. The number of aliphatic carboxylic acids is 1. The number of hydrogen-bond acceptors (Lipinski definition) is 2. The summed E-state index contributed by atoms with van der Waals surface area (Å²) >= 11 is 0. The zero-order chi connectivity index (χ0) is 15.7. The van der Waals surface area contributed by atoms with E-state index in [1.165, 1.54) is 0 Å². The predicted molar refractivity (Wildman–Crippen MR) is 83.4 cm³/mol. The molecule has 1 aliphatic heterocycles. The van der Waals surface area contributed by atoms with Crippen LogP contribution in [0.15, 0.2) is 30.3 Å². The minimum absolute atomic E-state index is 0.0887. The van der Waals surface area contributed by atoms with Gasteiger partial charge in [-0.3, -0.25) is 9.59 Å².